The van der Waals surface area contributed by atoms with Crippen LogP contribution in [0.4, 0.5) is 14.6 Å². The second-order valence-corrected chi connectivity index (χ2v) is 3.60. The maximum Gasteiger partial charge on any atom is 0.377 e. The van der Waals surface area contributed by atoms with Crippen molar-refractivity contribution in [1.82, 2.24) is 4.98 Å². The molecule has 8 heteroatoms. The Morgan fingerprint density at radius 2 is 2.27 bits per heavy atom. The average molecular weight is 330 g/mol. The van der Waals surface area contributed by atoms with Crippen molar-refractivity contribution in [2.75, 3.05) is 7.11 Å². The van der Waals surface area contributed by atoms with Gasteiger partial charge in [-0.3, -0.25) is 0 Å². The standard InChI is InChI=1S/C7H5F2IN2O3/c1-15-4-2-3(10)5(6(8)9)7(11-4)12(13)14/h2,6H,1H3. The third kappa shape index (κ3) is 2.49. The summed E-state index contributed by atoms with van der Waals surface area (Å²) >= 11 is 1.58. The van der Waals surface area contributed by atoms with Crippen LogP contribution in [0.3, 0.4) is 0 Å². The molecule has 0 spiro atoms. The van der Waals surface area contributed by atoms with Gasteiger partial charge in [-0.1, -0.05) is 0 Å². The highest BCUT2D eigenvalue weighted by molar-refractivity contribution is 14.1. The fraction of sp³-hybridized carbons (Fsp3) is 0.286. The van der Waals surface area contributed by atoms with Crippen molar-refractivity contribution in [3.05, 3.63) is 25.3 Å². The molecule has 0 saturated carbocycles. The number of nitro groups is 1. The maximum absolute atomic E-state index is 12.5. The minimum atomic E-state index is -2.93. The van der Waals surface area contributed by atoms with Gasteiger partial charge in [-0.25, -0.2) is 8.78 Å². The Labute approximate surface area is 96.7 Å². The summed E-state index contributed by atoms with van der Waals surface area (Å²) in [6, 6.07) is 1.22. The van der Waals surface area contributed by atoms with Gasteiger partial charge in [0.25, 0.3) is 6.43 Å². The second kappa shape index (κ2) is 4.64. The van der Waals surface area contributed by atoms with Crippen molar-refractivity contribution in [2.45, 2.75) is 6.43 Å². The number of halogens is 3. The van der Waals surface area contributed by atoms with Gasteiger partial charge in [0.05, 0.1) is 7.11 Å². The molecule has 0 aliphatic carbocycles. The molecule has 0 radical (unpaired) electrons. The van der Waals surface area contributed by atoms with Gasteiger partial charge < -0.3 is 14.9 Å². The maximum atomic E-state index is 12.5. The lowest BCUT2D eigenvalue weighted by molar-refractivity contribution is -0.391. The van der Waals surface area contributed by atoms with Crippen molar-refractivity contribution in [3.63, 3.8) is 0 Å². The first-order valence-electron chi connectivity index (χ1n) is 3.64. The van der Waals surface area contributed by atoms with Crippen molar-refractivity contribution >= 4 is 28.4 Å². The fourth-order valence-corrected chi connectivity index (χ4v) is 1.68. The van der Waals surface area contributed by atoms with E-state index < -0.39 is 22.7 Å². The summed E-state index contributed by atoms with van der Waals surface area (Å²) in [4.78, 5) is 12.9. The fourth-order valence-electron chi connectivity index (χ4n) is 0.935. The molecule has 0 aliphatic heterocycles. The molecule has 0 aromatic carbocycles. The Morgan fingerprint density at radius 3 is 2.67 bits per heavy atom. The Bertz CT molecular complexity index is 400. The summed E-state index contributed by atoms with van der Waals surface area (Å²) in [5, 5.41) is 10.5. The molecule has 0 amide bonds. The van der Waals surface area contributed by atoms with Crippen molar-refractivity contribution in [1.29, 1.82) is 0 Å². The summed E-state index contributed by atoms with van der Waals surface area (Å²) in [5.74, 6) is -0.927. The second-order valence-electron chi connectivity index (χ2n) is 2.44. The van der Waals surface area contributed by atoms with Gasteiger partial charge in [0.1, 0.15) is 5.56 Å². The minimum absolute atomic E-state index is 0.0566. The third-order valence-corrected chi connectivity index (χ3v) is 2.46. The predicted molar refractivity (Wildman–Crippen MR) is 55.1 cm³/mol. The highest BCUT2D eigenvalue weighted by Gasteiger charge is 2.28. The molecule has 1 rings (SSSR count). The molecule has 0 aliphatic rings. The van der Waals surface area contributed by atoms with Crippen LogP contribution in [0.1, 0.15) is 12.0 Å². The van der Waals surface area contributed by atoms with Crippen LogP contribution in [0.25, 0.3) is 0 Å². The van der Waals surface area contributed by atoms with E-state index in [1.165, 1.54) is 13.2 Å². The highest BCUT2D eigenvalue weighted by atomic mass is 127. The molecule has 82 valence electrons. The smallest absolute Gasteiger partial charge is 0.377 e. The largest absolute Gasteiger partial charge is 0.463 e. The van der Waals surface area contributed by atoms with E-state index in [0.717, 1.165) is 0 Å². The number of nitrogens with zero attached hydrogens (tertiary/aromatic N) is 2. The summed E-state index contributed by atoms with van der Waals surface area (Å²) in [7, 11) is 1.25. The molecule has 5 nitrogen and oxygen atoms in total. The highest BCUT2D eigenvalue weighted by Crippen LogP contribution is 2.33. The van der Waals surface area contributed by atoms with E-state index in [9.17, 15) is 18.9 Å². The average Bonchev–Trinajstić information content (AvgIpc) is 2.15. The summed E-state index contributed by atoms with van der Waals surface area (Å²) < 4.78 is 29.7. The minimum Gasteiger partial charge on any atom is -0.463 e. The molecule has 1 aromatic heterocycles. The number of hydrogen-bond acceptors (Lipinski definition) is 4. The van der Waals surface area contributed by atoms with E-state index in [2.05, 4.69) is 9.72 Å². The molecule has 15 heavy (non-hydrogen) atoms. The number of pyridine rings is 1. The molecule has 0 atom stereocenters. The van der Waals surface area contributed by atoms with E-state index in [4.69, 9.17) is 0 Å². The van der Waals surface area contributed by atoms with Crippen molar-refractivity contribution < 1.29 is 18.4 Å². The quantitative estimate of drug-likeness (QED) is 0.485. The molecular weight excluding hydrogens is 325 g/mol. The molecule has 1 aromatic rings. The molecule has 0 bridgehead atoms. The molecular formula is C7H5F2IN2O3. The molecule has 0 N–H and O–H groups in total. The van der Waals surface area contributed by atoms with Gasteiger partial charge in [-0.2, -0.15) is 0 Å². The Morgan fingerprint density at radius 1 is 1.67 bits per heavy atom. The molecule has 0 unspecified atom stereocenters. The predicted octanol–water partition coefficient (Wildman–Crippen LogP) is 2.54. The topological polar surface area (TPSA) is 65.3 Å². The van der Waals surface area contributed by atoms with Gasteiger partial charge >= 0.3 is 11.7 Å². The lowest BCUT2D eigenvalue weighted by atomic mass is 10.2. The monoisotopic (exact) mass is 330 g/mol. The van der Waals surface area contributed by atoms with E-state index in [1.807, 2.05) is 0 Å². The van der Waals surface area contributed by atoms with Gasteiger partial charge in [-0.15, -0.1) is 0 Å². The number of hydrogen-bond donors (Lipinski definition) is 0. The van der Waals surface area contributed by atoms with Crippen LogP contribution in [0.2, 0.25) is 0 Å². The zero-order chi connectivity index (χ0) is 11.6. The lowest BCUT2D eigenvalue weighted by Gasteiger charge is -2.04. The van der Waals surface area contributed by atoms with Crippen LogP contribution in [0.15, 0.2) is 6.07 Å². The van der Waals surface area contributed by atoms with E-state index in [0.29, 0.717) is 0 Å². The van der Waals surface area contributed by atoms with Crippen molar-refractivity contribution in [2.24, 2.45) is 0 Å². The number of rotatable bonds is 3. The summed E-state index contributed by atoms with van der Waals surface area (Å²) in [5.41, 5.74) is -0.679. The lowest BCUT2D eigenvalue weighted by Crippen LogP contribution is -2.03. The van der Waals surface area contributed by atoms with Gasteiger partial charge in [0.2, 0.25) is 0 Å². The first-order chi connectivity index (χ1) is 6.97. The van der Waals surface area contributed by atoms with Gasteiger partial charge in [0.15, 0.2) is 0 Å². The van der Waals surface area contributed by atoms with Crippen LogP contribution >= 0.6 is 22.6 Å². The zero-order valence-electron chi connectivity index (χ0n) is 7.41. The van der Waals surface area contributed by atoms with Crippen LogP contribution in [0.5, 0.6) is 5.88 Å². The Hall–Kier alpha value is -1.06. The van der Waals surface area contributed by atoms with Crippen LogP contribution < -0.4 is 4.74 Å². The number of alkyl halides is 2. The Kier molecular flexibility index (Phi) is 3.72. The summed E-state index contributed by atoms with van der Waals surface area (Å²) in [6.07, 6.45) is -2.93. The molecule has 1 heterocycles. The first-order valence-corrected chi connectivity index (χ1v) is 4.72. The first kappa shape index (κ1) is 12.0. The number of ether oxygens (including phenoxy) is 1. The van der Waals surface area contributed by atoms with Crippen LogP contribution in [-0.2, 0) is 0 Å². The SMILES string of the molecule is COc1cc(I)c(C(F)F)c([N+](=O)[O-])n1. The third-order valence-electron chi connectivity index (χ3n) is 1.56. The summed E-state index contributed by atoms with van der Waals surface area (Å²) in [6.45, 7) is 0. The number of methoxy groups -OCH3 is 1. The molecule has 0 fully saturated rings. The number of aromatic nitrogens is 1. The zero-order valence-corrected chi connectivity index (χ0v) is 9.57. The van der Waals surface area contributed by atoms with E-state index >= 15 is 0 Å². The normalized spacial score (nSPS) is 10.5. The van der Waals surface area contributed by atoms with Gasteiger partial charge in [-0.05, 0) is 27.5 Å². The van der Waals surface area contributed by atoms with Gasteiger partial charge in [0, 0.05) is 14.6 Å². The Balaban J connectivity index is 3.42. The van der Waals surface area contributed by atoms with Crippen molar-refractivity contribution in [3.8, 4) is 5.88 Å². The van der Waals surface area contributed by atoms with E-state index in [1.54, 1.807) is 22.6 Å². The van der Waals surface area contributed by atoms with E-state index in [-0.39, 0.29) is 9.45 Å². The van der Waals surface area contributed by atoms with Crippen LogP contribution in [0, 0.1) is 13.7 Å². The molecule has 0 saturated heterocycles. The van der Waals surface area contributed by atoms with Crippen LogP contribution in [-0.4, -0.2) is 17.0 Å².